The summed E-state index contributed by atoms with van der Waals surface area (Å²) in [5.41, 5.74) is 0.507. The molecule has 0 spiro atoms. The predicted molar refractivity (Wildman–Crippen MR) is 67.6 cm³/mol. The SMILES string of the molecule is CNc1ncnc(NCc2ccncn2)c1[N+](=O)[O-]. The van der Waals surface area contributed by atoms with E-state index in [4.69, 9.17) is 0 Å². The van der Waals surface area contributed by atoms with E-state index in [1.807, 2.05) is 0 Å². The van der Waals surface area contributed by atoms with Gasteiger partial charge in [0.15, 0.2) is 0 Å². The van der Waals surface area contributed by atoms with Crippen LogP contribution < -0.4 is 10.6 Å². The summed E-state index contributed by atoms with van der Waals surface area (Å²) in [6.45, 7) is 0.309. The molecule has 0 amide bonds. The van der Waals surface area contributed by atoms with Crippen molar-refractivity contribution < 1.29 is 4.92 Å². The number of aromatic nitrogens is 4. The normalized spacial score (nSPS) is 9.95. The van der Waals surface area contributed by atoms with Crippen LogP contribution >= 0.6 is 0 Å². The van der Waals surface area contributed by atoms with E-state index in [-0.39, 0.29) is 17.3 Å². The molecule has 0 aromatic carbocycles. The third-order valence-corrected chi connectivity index (χ3v) is 2.32. The van der Waals surface area contributed by atoms with Gasteiger partial charge in [0, 0.05) is 13.2 Å². The lowest BCUT2D eigenvalue weighted by atomic mass is 10.3. The van der Waals surface area contributed by atoms with Gasteiger partial charge in [0.1, 0.15) is 12.7 Å². The van der Waals surface area contributed by atoms with Crippen molar-refractivity contribution in [2.45, 2.75) is 6.54 Å². The van der Waals surface area contributed by atoms with E-state index in [2.05, 4.69) is 30.6 Å². The summed E-state index contributed by atoms with van der Waals surface area (Å²) in [7, 11) is 1.56. The van der Waals surface area contributed by atoms with Gasteiger partial charge in [0.05, 0.1) is 17.2 Å². The summed E-state index contributed by atoms with van der Waals surface area (Å²) in [6.07, 6.45) is 4.25. The van der Waals surface area contributed by atoms with Gasteiger partial charge in [-0.1, -0.05) is 0 Å². The average molecular weight is 261 g/mol. The highest BCUT2D eigenvalue weighted by atomic mass is 16.6. The Morgan fingerprint density at radius 1 is 1.26 bits per heavy atom. The molecule has 2 heterocycles. The van der Waals surface area contributed by atoms with Crippen LogP contribution in [0.15, 0.2) is 24.9 Å². The van der Waals surface area contributed by atoms with Gasteiger partial charge in [-0.15, -0.1) is 0 Å². The van der Waals surface area contributed by atoms with Crippen LogP contribution in [0.5, 0.6) is 0 Å². The fourth-order valence-corrected chi connectivity index (χ4v) is 1.46. The van der Waals surface area contributed by atoms with E-state index in [0.29, 0.717) is 12.2 Å². The minimum atomic E-state index is -0.534. The van der Waals surface area contributed by atoms with E-state index in [1.165, 1.54) is 12.7 Å². The van der Waals surface area contributed by atoms with Crippen molar-refractivity contribution in [2.24, 2.45) is 0 Å². The first kappa shape index (κ1) is 12.6. The number of nitrogens with one attached hydrogen (secondary N) is 2. The lowest BCUT2D eigenvalue weighted by Gasteiger charge is -2.07. The molecular formula is C10H11N7O2. The third-order valence-electron chi connectivity index (χ3n) is 2.32. The van der Waals surface area contributed by atoms with Crippen molar-refractivity contribution in [2.75, 3.05) is 17.7 Å². The molecule has 0 bridgehead atoms. The van der Waals surface area contributed by atoms with Crippen LogP contribution in [-0.4, -0.2) is 31.9 Å². The van der Waals surface area contributed by atoms with E-state index in [9.17, 15) is 10.1 Å². The summed E-state index contributed by atoms with van der Waals surface area (Å²) in [4.78, 5) is 26.0. The summed E-state index contributed by atoms with van der Waals surface area (Å²) < 4.78 is 0. The number of nitrogens with zero attached hydrogens (tertiary/aromatic N) is 5. The monoisotopic (exact) mass is 261 g/mol. The maximum atomic E-state index is 11.0. The second-order valence-electron chi connectivity index (χ2n) is 3.48. The molecule has 2 rings (SSSR count). The second kappa shape index (κ2) is 5.67. The minimum absolute atomic E-state index is 0.142. The zero-order valence-corrected chi connectivity index (χ0v) is 10.1. The Morgan fingerprint density at radius 3 is 2.68 bits per heavy atom. The number of hydrogen-bond acceptors (Lipinski definition) is 8. The van der Waals surface area contributed by atoms with Crippen molar-refractivity contribution in [3.05, 3.63) is 40.7 Å². The van der Waals surface area contributed by atoms with Crippen LogP contribution in [0.4, 0.5) is 17.3 Å². The van der Waals surface area contributed by atoms with Crippen LogP contribution in [0.3, 0.4) is 0 Å². The smallest absolute Gasteiger partial charge is 0.353 e. The van der Waals surface area contributed by atoms with Crippen LogP contribution in [0.1, 0.15) is 5.69 Å². The highest BCUT2D eigenvalue weighted by Crippen LogP contribution is 2.28. The Hall–Kier alpha value is -2.84. The van der Waals surface area contributed by atoms with Crippen LogP contribution in [0.2, 0.25) is 0 Å². The molecule has 0 aliphatic rings. The lowest BCUT2D eigenvalue weighted by Crippen LogP contribution is -2.08. The molecule has 0 unspecified atom stereocenters. The van der Waals surface area contributed by atoms with E-state index < -0.39 is 4.92 Å². The zero-order valence-electron chi connectivity index (χ0n) is 10.1. The quantitative estimate of drug-likeness (QED) is 0.600. The zero-order chi connectivity index (χ0) is 13.7. The number of nitro groups is 1. The summed E-state index contributed by atoms with van der Waals surface area (Å²) in [5.74, 6) is 0.299. The molecule has 0 aliphatic carbocycles. The van der Waals surface area contributed by atoms with E-state index >= 15 is 0 Å². The number of rotatable bonds is 5. The van der Waals surface area contributed by atoms with Gasteiger partial charge < -0.3 is 10.6 Å². The maximum Gasteiger partial charge on any atom is 0.353 e. The van der Waals surface area contributed by atoms with Crippen LogP contribution in [0, 0.1) is 10.1 Å². The molecule has 2 N–H and O–H groups in total. The molecule has 0 atom stereocenters. The first-order chi connectivity index (χ1) is 9.22. The molecule has 9 heteroatoms. The molecule has 0 aliphatic heterocycles. The third kappa shape index (κ3) is 2.89. The molecular weight excluding hydrogens is 250 g/mol. The fourth-order valence-electron chi connectivity index (χ4n) is 1.46. The Bertz CT molecular complexity index is 575. The number of anilines is 2. The van der Waals surface area contributed by atoms with Crippen molar-refractivity contribution in [1.82, 2.24) is 19.9 Å². The van der Waals surface area contributed by atoms with E-state index in [1.54, 1.807) is 19.3 Å². The number of hydrogen-bond donors (Lipinski definition) is 2. The molecule has 0 saturated heterocycles. The van der Waals surface area contributed by atoms with E-state index in [0.717, 1.165) is 0 Å². The first-order valence-electron chi connectivity index (χ1n) is 5.38. The summed E-state index contributed by atoms with van der Waals surface area (Å²) in [5, 5.41) is 16.6. The topological polar surface area (TPSA) is 119 Å². The standard InChI is InChI=1S/C10H11N7O2/c1-11-9-8(17(18)19)10(16-6-15-9)13-4-7-2-3-12-5-14-7/h2-3,5-6H,4H2,1H3,(H2,11,13,15,16). The van der Waals surface area contributed by atoms with Gasteiger partial charge in [-0.25, -0.2) is 19.9 Å². The van der Waals surface area contributed by atoms with Gasteiger partial charge in [0.2, 0.25) is 11.6 Å². The highest BCUT2D eigenvalue weighted by Gasteiger charge is 2.21. The molecule has 0 saturated carbocycles. The predicted octanol–water partition coefficient (Wildman–Crippen LogP) is 0.829. The van der Waals surface area contributed by atoms with Crippen molar-refractivity contribution in [3.8, 4) is 0 Å². The average Bonchev–Trinajstić information content (AvgIpc) is 2.45. The van der Waals surface area contributed by atoms with Gasteiger partial charge in [-0.3, -0.25) is 10.1 Å². The van der Waals surface area contributed by atoms with Gasteiger partial charge >= 0.3 is 5.69 Å². The fraction of sp³-hybridized carbons (Fsp3) is 0.200. The molecule has 19 heavy (non-hydrogen) atoms. The molecule has 0 fully saturated rings. The summed E-state index contributed by atoms with van der Waals surface area (Å²) in [6, 6.07) is 1.71. The molecule has 98 valence electrons. The Balaban J connectivity index is 2.23. The molecule has 0 radical (unpaired) electrons. The first-order valence-corrected chi connectivity index (χ1v) is 5.38. The highest BCUT2D eigenvalue weighted by molar-refractivity contribution is 5.68. The second-order valence-corrected chi connectivity index (χ2v) is 3.48. The van der Waals surface area contributed by atoms with Gasteiger partial charge in [-0.05, 0) is 6.07 Å². The van der Waals surface area contributed by atoms with Crippen molar-refractivity contribution >= 4 is 17.3 Å². The summed E-state index contributed by atoms with van der Waals surface area (Å²) >= 11 is 0. The minimum Gasteiger partial charge on any atom is -0.367 e. The van der Waals surface area contributed by atoms with Crippen LogP contribution in [0.25, 0.3) is 0 Å². The Labute approximate surface area is 108 Å². The Morgan fingerprint density at radius 2 is 2.05 bits per heavy atom. The maximum absolute atomic E-state index is 11.0. The van der Waals surface area contributed by atoms with Crippen molar-refractivity contribution in [3.63, 3.8) is 0 Å². The van der Waals surface area contributed by atoms with Crippen molar-refractivity contribution in [1.29, 1.82) is 0 Å². The van der Waals surface area contributed by atoms with Gasteiger partial charge in [-0.2, -0.15) is 0 Å². The molecule has 2 aromatic rings. The lowest BCUT2D eigenvalue weighted by molar-refractivity contribution is -0.383. The largest absolute Gasteiger partial charge is 0.367 e. The molecule has 2 aromatic heterocycles. The Kier molecular flexibility index (Phi) is 3.76. The van der Waals surface area contributed by atoms with Gasteiger partial charge in [0.25, 0.3) is 0 Å². The van der Waals surface area contributed by atoms with Crippen LogP contribution in [-0.2, 0) is 6.54 Å². The molecule has 9 nitrogen and oxygen atoms in total.